The Morgan fingerprint density at radius 1 is 1.29 bits per heavy atom. The maximum absolute atomic E-state index is 12.3. The molecule has 1 heterocycles. The zero-order valence-corrected chi connectivity index (χ0v) is 19.0. The van der Waals surface area contributed by atoms with Crippen LogP contribution < -0.4 is 10.6 Å². The first kappa shape index (κ1) is 24.5. The Kier molecular flexibility index (Phi) is 10.6. The lowest BCUT2D eigenvalue weighted by Crippen LogP contribution is -2.47. The lowest BCUT2D eigenvalue weighted by molar-refractivity contribution is 0.0168. The van der Waals surface area contributed by atoms with Crippen LogP contribution in [0.25, 0.3) is 0 Å². The maximum atomic E-state index is 12.3. The van der Waals surface area contributed by atoms with Gasteiger partial charge in [0.1, 0.15) is 5.60 Å². The highest BCUT2D eigenvalue weighted by atomic mass is 16.6. The number of aliphatic imine (C=N–C) groups is 1. The number of guanidine groups is 1. The van der Waals surface area contributed by atoms with E-state index in [1.165, 1.54) is 0 Å². The highest BCUT2D eigenvalue weighted by Gasteiger charge is 2.27. The van der Waals surface area contributed by atoms with Gasteiger partial charge in [0.05, 0.1) is 6.10 Å². The zero-order chi connectivity index (χ0) is 21.2. The number of rotatable bonds is 8. The first-order valence-electron chi connectivity index (χ1n) is 10.7. The number of carbonyl (C=O) groups excluding carboxylic acids is 1. The molecule has 164 valence electrons. The molecular weight excluding hydrogens is 356 g/mol. The molecule has 1 saturated heterocycles. The Hall–Kier alpha value is -1.50. The summed E-state index contributed by atoms with van der Waals surface area (Å²) in [4.78, 5) is 18.4. The summed E-state index contributed by atoms with van der Waals surface area (Å²) in [6.07, 6.45) is 3.10. The van der Waals surface area contributed by atoms with Gasteiger partial charge in [0.2, 0.25) is 0 Å². The number of nitrogens with one attached hydrogen (secondary N) is 2. The Balaban J connectivity index is 2.39. The molecule has 0 bridgehead atoms. The topological polar surface area (TPSA) is 75.2 Å². The molecule has 1 rings (SSSR count). The summed E-state index contributed by atoms with van der Waals surface area (Å²) in [6.45, 7) is 16.0. The standard InChI is InChI=1S/C21H42N4O3/c1-8-27-18(16(2)3)11-12-23-19(22-7)24-14-17-10-9-13-25(15-17)20(26)28-21(4,5)6/h16-18H,8-15H2,1-7H3,(H2,22,23,24). The van der Waals surface area contributed by atoms with Gasteiger partial charge in [-0.25, -0.2) is 4.79 Å². The normalized spacial score (nSPS) is 19.5. The van der Waals surface area contributed by atoms with Crippen LogP contribution in [0.3, 0.4) is 0 Å². The van der Waals surface area contributed by atoms with Crippen LogP contribution >= 0.6 is 0 Å². The second-order valence-electron chi connectivity index (χ2n) is 8.84. The number of ether oxygens (including phenoxy) is 2. The molecule has 7 nitrogen and oxygen atoms in total. The van der Waals surface area contributed by atoms with Crippen LogP contribution in [0.4, 0.5) is 4.79 Å². The Morgan fingerprint density at radius 2 is 2.00 bits per heavy atom. The van der Waals surface area contributed by atoms with Gasteiger partial charge in [-0.1, -0.05) is 13.8 Å². The third-order valence-electron chi connectivity index (χ3n) is 4.80. The zero-order valence-electron chi connectivity index (χ0n) is 19.0. The van der Waals surface area contributed by atoms with Crippen molar-refractivity contribution in [3.05, 3.63) is 0 Å². The van der Waals surface area contributed by atoms with Crippen LogP contribution in [0.5, 0.6) is 0 Å². The van der Waals surface area contributed by atoms with Crippen molar-refractivity contribution in [1.29, 1.82) is 0 Å². The molecule has 0 aromatic carbocycles. The molecule has 2 unspecified atom stereocenters. The van der Waals surface area contributed by atoms with Crippen molar-refractivity contribution in [1.82, 2.24) is 15.5 Å². The van der Waals surface area contributed by atoms with E-state index in [1.54, 1.807) is 7.05 Å². The minimum Gasteiger partial charge on any atom is -0.444 e. The van der Waals surface area contributed by atoms with Gasteiger partial charge in [-0.15, -0.1) is 0 Å². The van der Waals surface area contributed by atoms with E-state index in [-0.39, 0.29) is 12.2 Å². The molecule has 1 amide bonds. The van der Waals surface area contributed by atoms with Crippen molar-refractivity contribution in [2.24, 2.45) is 16.8 Å². The number of hydrogen-bond acceptors (Lipinski definition) is 4. The van der Waals surface area contributed by atoms with Gasteiger partial charge < -0.3 is 25.0 Å². The van der Waals surface area contributed by atoms with Gasteiger partial charge in [-0.3, -0.25) is 4.99 Å². The Labute approximate surface area is 171 Å². The minimum atomic E-state index is -0.455. The lowest BCUT2D eigenvalue weighted by Gasteiger charge is -2.34. The predicted molar refractivity (Wildman–Crippen MR) is 115 cm³/mol. The molecule has 0 aliphatic carbocycles. The largest absolute Gasteiger partial charge is 0.444 e. The van der Waals surface area contributed by atoms with E-state index in [2.05, 4.69) is 29.5 Å². The molecule has 0 saturated carbocycles. The monoisotopic (exact) mass is 398 g/mol. The highest BCUT2D eigenvalue weighted by molar-refractivity contribution is 5.79. The summed E-state index contributed by atoms with van der Waals surface area (Å²) >= 11 is 0. The summed E-state index contributed by atoms with van der Waals surface area (Å²) < 4.78 is 11.3. The molecule has 7 heteroatoms. The second kappa shape index (κ2) is 12.1. The first-order valence-corrected chi connectivity index (χ1v) is 10.7. The van der Waals surface area contributed by atoms with Crippen molar-refractivity contribution >= 4 is 12.1 Å². The Morgan fingerprint density at radius 3 is 2.57 bits per heavy atom. The van der Waals surface area contributed by atoms with Gasteiger partial charge >= 0.3 is 6.09 Å². The van der Waals surface area contributed by atoms with E-state index in [9.17, 15) is 4.79 Å². The highest BCUT2D eigenvalue weighted by Crippen LogP contribution is 2.19. The minimum absolute atomic E-state index is 0.213. The molecule has 0 spiro atoms. The maximum Gasteiger partial charge on any atom is 0.410 e. The molecule has 1 fully saturated rings. The van der Waals surface area contributed by atoms with Crippen LogP contribution in [0.15, 0.2) is 4.99 Å². The van der Waals surface area contributed by atoms with Gasteiger partial charge in [0.25, 0.3) is 0 Å². The molecule has 2 N–H and O–H groups in total. The van der Waals surface area contributed by atoms with Crippen molar-refractivity contribution in [2.75, 3.05) is 39.8 Å². The molecule has 1 aliphatic rings. The molecular formula is C21H42N4O3. The number of likely N-dealkylation sites (tertiary alicyclic amines) is 1. The van der Waals surface area contributed by atoms with Crippen LogP contribution in [0.1, 0.15) is 60.8 Å². The SMILES string of the molecule is CCOC(CCNC(=NC)NCC1CCCN(C(=O)OC(C)(C)C)C1)C(C)C. The number of carbonyl (C=O) groups is 1. The van der Waals surface area contributed by atoms with Gasteiger partial charge in [0.15, 0.2) is 5.96 Å². The molecule has 0 aromatic heterocycles. The summed E-state index contributed by atoms with van der Waals surface area (Å²) in [7, 11) is 1.78. The fraction of sp³-hybridized carbons (Fsp3) is 0.905. The van der Waals surface area contributed by atoms with Crippen molar-refractivity contribution in [2.45, 2.75) is 72.5 Å². The fourth-order valence-corrected chi connectivity index (χ4v) is 3.34. The quantitative estimate of drug-likeness (QED) is 0.485. The smallest absolute Gasteiger partial charge is 0.410 e. The van der Waals surface area contributed by atoms with Crippen molar-refractivity contribution in [3.63, 3.8) is 0 Å². The molecule has 28 heavy (non-hydrogen) atoms. The summed E-state index contributed by atoms with van der Waals surface area (Å²) in [6, 6.07) is 0. The Bertz CT molecular complexity index is 489. The third kappa shape index (κ3) is 9.62. The van der Waals surface area contributed by atoms with E-state index in [0.29, 0.717) is 11.8 Å². The average molecular weight is 399 g/mol. The van der Waals surface area contributed by atoms with E-state index >= 15 is 0 Å². The summed E-state index contributed by atoms with van der Waals surface area (Å²) in [5, 5.41) is 6.77. The van der Waals surface area contributed by atoms with Gasteiger partial charge in [-0.05, 0) is 58.8 Å². The summed E-state index contributed by atoms with van der Waals surface area (Å²) in [5.74, 6) is 1.69. The predicted octanol–water partition coefficient (Wildman–Crippen LogP) is 3.25. The molecule has 0 aromatic rings. The molecule has 2 atom stereocenters. The van der Waals surface area contributed by atoms with E-state index < -0.39 is 5.60 Å². The van der Waals surface area contributed by atoms with Crippen LogP contribution in [-0.4, -0.2) is 68.5 Å². The van der Waals surface area contributed by atoms with Crippen molar-refractivity contribution < 1.29 is 14.3 Å². The van der Waals surface area contributed by atoms with Crippen LogP contribution in [0.2, 0.25) is 0 Å². The number of piperidine rings is 1. The number of hydrogen-bond donors (Lipinski definition) is 2. The van der Waals surface area contributed by atoms with E-state index in [0.717, 1.165) is 58.0 Å². The fourth-order valence-electron chi connectivity index (χ4n) is 3.34. The van der Waals surface area contributed by atoms with Crippen molar-refractivity contribution in [3.8, 4) is 0 Å². The van der Waals surface area contributed by atoms with Crippen LogP contribution in [-0.2, 0) is 9.47 Å². The van der Waals surface area contributed by atoms with E-state index in [4.69, 9.17) is 9.47 Å². The number of nitrogens with zero attached hydrogens (tertiary/aromatic N) is 2. The average Bonchev–Trinajstić information content (AvgIpc) is 2.62. The third-order valence-corrected chi connectivity index (χ3v) is 4.80. The molecule has 0 radical (unpaired) electrons. The van der Waals surface area contributed by atoms with Gasteiger partial charge in [-0.2, -0.15) is 0 Å². The summed E-state index contributed by atoms with van der Waals surface area (Å²) in [5.41, 5.74) is -0.455. The van der Waals surface area contributed by atoms with Gasteiger partial charge in [0, 0.05) is 39.8 Å². The van der Waals surface area contributed by atoms with Crippen LogP contribution in [0, 0.1) is 11.8 Å². The van der Waals surface area contributed by atoms with E-state index in [1.807, 2.05) is 32.6 Å². The molecule has 1 aliphatic heterocycles. The first-order chi connectivity index (χ1) is 13.2. The number of amides is 1. The lowest BCUT2D eigenvalue weighted by atomic mass is 9.98. The second-order valence-corrected chi connectivity index (χ2v) is 8.84.